The largest absolute Gasteiger partial charge is 0.489 e. The van der Waals surface area contributed by atoms with E-state index in [1.165, 1.54) is 0 Å². The molecule has 1 heterocycles. The van der Waals surface area contributed by atoms with Crippen LogP contribution in [-0.2, 0) is 11.2 Å². The number of nitrogens with one attached hydrogen (secondary N) is 2. The topological polar surface area (TPSA) is 62.8 Å². The van der Waals surface area contributed by atoms with E-state index in [0.29, 0.717) is 21.5 Å². The number of ether oxygens (including phenoxy) is 2. The summed E-state index contributed by atoms with van der Waals surface area (Å²) in [6.07, 6.45) is 3.54. The number of alkyl halides is 1. The van der Waals surface area contributed by atoms with E-state index < -0.39 is 11.7 Å². The van der Waals surface area contributed by atoms with E-state index in [9.17, 15) is 9.18 Å². The molecule has 244 valence electrons. The third kappa shape index (κ3) is 8.79. The number of likely N-dealkylation sites (tertiary alicyclic amines) is 1. The Balaban J connectivity index is 1.44. The number of carbonyl (C=O) groups excluding carboxylic acids is 1. The number of halogens is 3. The van der Waals surface area contributed by atoms with Gasteiger partial charge in [0.2, 0.25) is 0 Å². The summed E-state index contributed by atoms with van der Waals surface area (Å²) in [7, 11) is 0. The summed E-state index contributed by atoms with van der Waals surface area (Å²) in [5, 5.41) is 1.20. The van der Waals surface area contributed by atoms with Crippen molar-refractivity contribution in [2.24, 2.45) is 0 Å². The van der Waals surface area contributed by atoms with E-state index in [1.54, 1.807) is 26.8 Å². The number of rotatable bonds is 8. The second-order valence-corrected chi connectivity index (χ2v) is 13.9. The summed E-state index contributed by atoms with van der Waals surface area (Å²) in [5.74, 6) is 0.811. The fourth-order valence-corrected chi connectivity index (χ4v) is 6.72. The van der Waals surface area contributed by atoms with Crippen molar-refractivity contribution in [1.82, 2.24) is 15.8 Å². The Morgan fingerprint density at radius 3 is 2.50 bits per heavy atom. The Labute approximate surface area is 286 Å². The van der Waals surface area contributed by atoms with Gasteiger partial charge in [0.15, 0.2) is 0 Å². The number of thiocarbonyl (C=S) groups is 1. The molecule has 46 heavy (non-hydrogen) atoms. The van der Waals surface area contributed by atoms with Crippen LogP contribution in [0.25, 0.3) is 11.1 Å². The van der Waals surface area contributed by atoms with E-state index in [0.717, 1.165) is 90.0 Å². The highest BCUT2D eigenvalue weighted by atomic mass is 35.5. The third-order valence-electron chi connectivity index (χ3n) is 8.03. The van der Waals surface area contributed by atoms with Crippen LogP contribution in [0.15, 0.2) is 60.7 Å². The van der Waals surface area contributed by atoms with E-state index in [4.69, 9.17) is 44.9 Å². The van der Waals surface area contributed by atoms with E-state index in [-0.39, 0.29) is 12.8 Å². The zero-order valence-electron chi connectivity index (χ0n) is 26.4. The molecule has 0 spiro atoms. The van der Waals surface area contributed by atoms with Crippen molar-refractivity contribution >= 4 is 57.6 Å². The Morgan fingerprint density at radius 1 is 1.02 bits per heavy atom. The minimum absolute atomic E-state index is 0.0902. The molecule has 3 aromatic carbocycles. The van der Waals surface area contributed by atoms with E-state index >= 15 is 0 Å². The molecule has 6 nitrogen and oxygen atoms in total. The number of amides is 1. The number of nitrogens with zero attached hydrogens (tertiary/aromatic N) is 1. The highest BCUT2D eigenvalue weighted by Gasteiger charge is 2.25. The lowest BCUT2D eigenvalue weighted by Crippen LogP contribution is -2.43. The molecule has 2 N–H and O–H groups in total. The molecule has 10 heteroatoms. The maximum Gasteiger partial charge on any atom is 0.426 e. The van der Waals surface area contributed by atoms with E-state index in [2.05, 4.69) is 40.0 Å². The van der Waals surface area contributed by atoms with Crippen LogP contribution in [0.2, 0.25) is 10.0 Å². The lowest BCUT2D eigenvalue weighted by Gasteiger charge is -2.21. The first-order chi connectivity index (χ1) is 22.0. The number of allylic oxidation sites excluding steroid dienone is 1. The lowest BCUT2D eigenvalue weighted by atomic mass is 9.87. The molecule has 0 unspecified atom stereocenters. The van der Waals surface area contributed by atoms with Gasteiger partial charge in [-0.15, -0.1) is 0 Å². The van der Waals surface area contributed by atoms with Gasteiger partial charge in [0.1, 0.15) is 22.4 Å². The van der Waals surface area contributed by atoms with Crippen molar-refractivity contribution < 1.29 is 18.7 Å². The summed E-state index contributed by atoms with van der Waals surface area (Å²) in [4.78, 5) is 14.8. The van der Waals surface area contributed by atoms with Gasteiger partial charge in [-0.25, -0.2) is 10.2 Å². The number of hydrogen-bond acceptors (Lipinski definition) is 5. The first-order valence-electron chi connectivity index (χ1n) is 15.7. The van der Waals surface area contributed by atoms with Crippen molar-refractivity contribution in [3.05, 3.63) is 98.5 Å². The highest BCUT2D eigenvalue weighted by Crippen LogP contribution is 2.42. The van der Waals surface area contributed by atoms with Gasteiger partial charge in [-0.3, -0.25) is 14.7 Å². The van der Waals surface area contributed by atoms with Crippen LogP contribution in [-0.4, -0.2) is 54.0 Å². The fraction of sp³-hybridized carbons (Fsp3) is 0.389. The predicted octanol–water partition coefficient (Wildman–Crippen LogP) is 8.81. The zero-order chi connectivity index (χ0) is 32.8. The first kappa shape index (κ1) is 34.2. The summed E-state index contributed by atoms with van der Waals surface area (Å²) < 4.78 is 24.3. The number of hydrazine groups is 1. The predicted molar refractivity (Wildman–Crippen MR) is 188 cm³/mol. The van der Waals surface area contributed by atoms with Gasteiger partial charge < -0.3 is 9.47 Å². The van der Waals surface area contributed by atoms with Gasteiger partial charge in [-0.2, -0.15) is 0 Å². The normalized spacial score (nSPS) is 16.9. The van der Waals surface area contributed by atoms with Crippen LogP contribution in [0, 0.1) is 0 Å². The van der Waals surface area contributed by atoms with Crippen molar-refractivity contribution in [1.29, 1.82) is 0 Å². The Morgan fingerprint density at radius 2 is 1.78 bits per heavy atom. The van der Waals surface area contributed by atoms with Gasteiger partial charge in [-0.1, -0.05) is 65.8 Å². The molecule has 1 amide bonds. The van der Waals surface area contributed by atoms with Gasteiger partial charge in [0.05, 0.1) is 6.67 Å². The average Bonchev–Trinajstić information content (AvgIpc) is 3.36. The minimum atomic E-state index is -0.621. The van der Waals surface area contributed by atoms with Crippen molar-refractivity contribution in [2.45, 2.75) is 64.6 Å². The molecule has 3 aromatic rings. The number of fused-ring (bicyclic) bond motifs is 1. The molecule has 0 radical (unpaired) electrons. The van der Waals surface area contributed by atoms with Gasteiger partial charge in [-0.05, 0) is 117 Å². The number of hydrogen-bond donors (Lipinski definition) is 2. The fourth-order valence-electron chi connectivity index (χ4n) is 6.02. The SMILES string of the molecule is CC(C)(C)OC(=O)NNC(=S)c1ccc2c(c1)CCCC(c1ccc(Cl)cc1Cl)=C2c1ccc(O[C@H]2CCN(CCCF)C2)cc1. The second-order valence-electron chi connectivity index (χ2n) is 12.7. The Kier molecular flexibility index (Phi) is 11.3. The monoisotopic (exact) mass is 683 g/mol. The lowest BCUT2D eigenvalue weighted by molar-refractivity contribution is 0.0513. The smallest absolute Gasteiger partial charge is 0.426 e. The Bertz CT molecular complexity index is 1610. The minimum Gasteiger partial charge on any atom is -0.489 e. The zero-order valence-corrected chi connectivity index (χ0v) is 28.8. The molecule has 1 saturated heterocycles. The number of carbonyl (C=O) groups is 1. The number of benzene rings is 3. The van der Waals surface area contributed by atoms with Crippen LogP contribution in [0.5, 0.6) is 5.75 Å². The highest BCUT2D eigenvalue weighted by molar-refractivity contribution is 7.80. The van der Waals surface area contributed by atoms with Crippen LogP contribution in [0.3, 0.4) is 0 Å². The summed E-state index contributed by atoms with van der Waals surface area (Å²) >= 11 is 18.7. The van der Waals surface area contributed by atoms with Crippen LogP contribution in [0.1, 0.15) is 74.3 Å². The van der Waals surface area contributed by atoms with Gasteiger partial charge in [0, 0.05) is 35.2 Å². The van der Waals surface area contributed by atoms with Crippen molar-refractivity contribution in [3.8, 4) is 5.75 Å². The molecular weight excluding hydrogens is 644 g/mol. The molecule has 1 aliphatic carbocycles. The van der Waals surface area contributed by atoms with Crippen LogP contribution >= 0.6 is 35.4 Å². The summed E-state index contributed by atoms with van der Waals surface area (Å²) in [5.41, 5.74) is 12.0. The van der Waals surface area contributed by atoms with Gasteiger partial charge >= 0.3 is 6.09 Å². The molecule has 1 fully saturated rings. The van der Waals surface area contributed by atoms with E-state index in [1.807, 2.05) is 30.3 Å². The van der Waals surface area contributed by atoms with Gasteiger partial charge in [0.25, 0.3) is 0 Å². The quantitative estimate of drug-likeness (QED) is 0.183. The molecule has 0 saturated carbocycles. The van der Waals surface area contributed by atoms with Crippen molar-refractivity contribution in [2.75, 3.05) is 26.3 Å². The molecule has 2 aliphatic rings. The first-order valence-corrected chi connectivity index (χ1v) is 16.8. The molecule has 1 atom stereocenters. The molecular formula is C36H40Cl2FN3O3S. The number of aryl methyl sites for hydroxylation is 1. The molecule has 0 aromatic heterocycles. The second kappa shape index (κ2) is 15.2. The molecule has 5 rings (SSSR count). The summed E-state index contributed by atoms with van der Waals surface area (Å²) in [6.45, 7) is 7.62. The third-order valence-corrected chi connectivity index (χ3v) is 8.91. The average molecular weight is 685 g/mol. The molecule has 0 bridgehead atoms. The molecule has 1 aliphatic heterocycles. The standard InChI is InChI=1S/C36H40Cl2FN3O3S/c1-36(2,3)45-35(43)41-40-34(46)25-10-14-29-24(20-25)6-4-7-31(30-15-11-26(37)21-32(30)38)33(29)23-8-12-27(13-9-23)44-28-16-19-42(22-28)18-5-17-39/h8-15,20-21,28H,4-7,16-19,22H2,1-3H3,(H,40,46)(H,41,43)/t28-/m0/s1. The Hall–Kier alpha value is -3.17. The van der Waals surface area contributed by atoms with Crippen LogP contribution in [0.4, 0.5) is 9.18 Å². The van der Waals surface area contributed by atoms with Crippen LogP contribution < -0.4 is 15.6 Å². The summed E-state index contributed by atoms with van der Waals surface area (Å²) in [6, 6.07) is 20.0. The maximum absolute atomic E-state index is 12.6. The maximum atomic E-state index is 12.6. The van der Waals surface area contributed by atoms with Crippen molar-refractivity contribution in [3.63, 3.8) is 0 Å².